The van der Waals surface area contributed by atoms with Gasteiger partial charge in [0, 0.05) is 12.6 Å². The third-order valence-electron chi connectivity index (χ3n) is 1.28. The van der Waals surface area contributed by atoms with Crippen molar-refractivity contribution in [3.63, 3.8) is 0 Å². The lowest BCUT2D eigenvalue weighted by molar-refractivity contribution is 0.325. The zero-order valence-corrected chi connectivity index (χ0v) is 7.61. The monoisotopic (exact) mass is 209 g/mol. The highest BCUT2D eigenvalue weighted by Gasteiger charge is 2.01. The first-order chi connectivity index (χ1) is 5.74. The Balaban J connectivity index is 0.00000144. The average Bonchev–Trinajstić information content (AvgIpc) is 2.07. The van der Waals surface area contributed by atoms with Crippen LogP contribution < -0.4 is 10.5 Å². The normalized spacial score (nSPS) is 9.15. The van der Waals surface area contributed by atoms with Crippen LogP contribution in [0, 0.1) is 11.6 Å². The Morgan fingerprint density at radius 3 is 2.46 bits per heavy atom. The largest absolute Gasteiger partial charge is 0.492 e. The van der Waals surface area contributed by atoms with Gasteiger partial charge in [0.25, 0.3) is 0 Å². The Morgan fingerprint density at radius 2 is 1.92 bits per heavy atom. The summed E-state index contributed by atoms with van der Waals surface area (Å²) in [4.78, 5) is 0. The van der Waals surface area contributed by atoms with Crippen molar-refractivity contribution in [3.05, 3.63) is 29.8 Å². The van der Waals surface area contributed by atoms with Crippen molar-refractivity contribution < 1.29 is 13.5 Å². The number of hydrogen-bond donors (Lipinski definition) is 1. The number of rotatable bonds is 3. The number of halogens is 3. The van der Waals surface area contributed by atoms with E-state index in [-0.39, 0.29) is 12.4 Å². The Labute approximate surface area is 81.1 Å². The maximum atomic E-state index is 12.5. The van der Waals surface area contributed by atoms with Crippen molar-refractivity contribution in [2.75, 3.05) is 13.2 Å². The summed E-state index contributed by atoms with van der Waals surface area (Å²) in [7, 11) is 0. The standard InChI is InChI=1S/C8H9F2NO.ClH/c9-7-2-1-6(5-8(7)10)12-4-3-11;/h1-2,5H,3-4,11H2;1H. The molecule has 0 unspecified atom stereocenters. The Kier molecular flexibility index (Phi) is 5.34. The van der Waals surface area contributed by atoms with E-state index in [0.29, 0.717) is 18.9 Å². The van der Waals surface area contributed by atoms with E-state index in [9.17, 15) is 8.78 Å². The van der Waals surface area contributed by atoms with Gasteiger partial charge in [-0.25, -0.2) is 8.78 Å². The second kappa shape index (κ2) is 5.72. The minimum atomic E-state index is -0.912. The quantitative estimate of drug-likeness (QED) is 0.823. The maximum absolute atomic E-state index is 12.5. The van der Waals surface area contributed by atoms with Crippen molar-refractivity contribution in [1.82, 2.24) is 0 Å². The third-order valence-corrected chi connectivity index (χ3v) is 1.28. The van der Waals surface area contributed by atoms with Crippen molar-refractivity contribution >= 4 is 12.4 Å². The molecule has 0 heterocycles. The van der Waals surface area contributed by atoms with Crippen molar-refractivity contribution in [3.8, 4) is 5.75 Å². The number of benzene rings is 1. The van der Waals surface area contributed by atoms with Crippen LogP contribution in [0.15, 0.2) is 18.2 Å². The molecule has 0 fully saturated rings. The van der Waals surface area contributed by atoms with Gasteiger partial charge in [-0.1, -0.05) is 0 Å². The molecule has 0 aliphatic rings. The summed E-state index contributed by atoms with van der Waals surface area (Å²) in [5, 5.41) is 0. The van der Waals surface area contributed by atoms with Gasteiger partial charge in [0.15, 0.2) is 11.6 Å². The molecule has 1 aromatic rings. The van der Waals surface area contributed by atoms with Gasteiger partial charge in [0.05, 0.1) is 0 Å². The first-order valence-corrected chi connectivity index (χ1v) is 3.52. The van der Waals surface area contributed by atoms with Crippen LogP contribution in [0.2, 0.25) is 0 Å². The van der Waals surface area contributed by atoms with Gasteiger partial charge in [0.2, 0.25) is 0 Å². The van der Waals surface area contributed by atoms with Gasteiger partial charge in [-0.05, 0) is 12.1 Å². The summed E-state index contributed by atoms with van der Waals surface area (Å²) in [5.74, 6) is -1.50. The molecular weight excluding hydrogens is 200 g/mol. The van der Waals surface area contributed by atoms with E-state index in [1.54, 1.807) is 0 Å². The molecule has 0 amide bonds. The van der Waals surface area contributed by atoms with Crippen molar-refractivity contribution in [2.45, 2.75) is 0 Å². The molecule has 0 spiro atoms. The second-order valence-electron chi connectivity index (χ2n) is 2.21. The zero-order chi connectivity index (χ0) is 8.97. The predicted molar refractivity (Wildman–Crippen MR) is 48.2 cm³/mol. The number of nitrogens with two attached hydrogens (primary N) is 1. The molecule has 0 saturated carbocycles. The summed E-state index contributed by atoms with van der Waals surface area (Å²) in [6, 6.07) is 3.36. The highest BCUT2D eigenvalue weighted by molar-refractivity contribution is 5.85. The highest BCUT2D eigenvalue weighted by atomic mass is 35.5. The summed E-state index contributed by atoms with van der Waals surface area (Å²) >= 11 is 0. The number of ether oxygens (including phenoxy) is 1. The van der Waals surface area contributed by atoms with E-state index in [4.69, 9.17) is 10.5 Å². The van der Waals surface area contributed by atoms with Gasteiger partial charge in [-0.2, -0.15) is 0 Å². The minimum absolute atomic E-state index is 0. The van der Waals surface area contributed by atoms with E-state index in [0.717, 1.165) is 12.1 Å². The molecule has 1 aromatic carbocycles. The predicted octanol–water partition coefficient (Wildman–Crippen LogP) is 1.72. The molecule has 5 heteroatoms. The summed E-state index contributed by atoms with van der Waals surface area (Å²) in [6.45, 7) is 0.643. The lowest BCUT2D eigenvalue weighted by Gasteiger charge is -2.03. The van der Waals surface area contributed by atoms with Crippen LogP contribution in [0.1, 0.15) is 0 Å². The topological polar surface area (TPSA) is 35.2 Å². The number of hydrogen-bond acceptors (Lipinski definition) is 2. The van der Waals surface area contributed by atoms with E-state index >= 15 is 0 Å². The lowest BCUT2D eigenvalue weighted by Crippen LogP contribution is -2.10. The molecule has 0 aromatic heterocycles. The van der Waals surface area contributed by atoms with Crippen LogP contribution in [-0.4, -0.2) is 13.2 Å². The highest BCUT2D eigenvalue weighted by Crippen LogP contribution is 2.14. The van der Waals surface area contributed by atoms with Crippen LogP contribution in [0.5, 0.6) is 5.75 Å². The first kappa shape index (κ1) is 12.1. The summed E-state index contributed by atoms with van der Waals surface area (Å²) < 4.78 is 29.8. The molecule has 13 heavy (non-hydrogen) atoms. The molecule has 74 valence electrons. The van der Waals surface area contributed by atoms with Crippen molar-refractivity contribution in [1.29, 1.82) is 0 Å². The average molecular weight is 210 g/mol. The fourth-order valence-electron chi connectivity index (χ4n) is 0.743. The van der Waals surface area contributed by atoms with Crippen LogP contribution in [0.3, 0.4) is 0 Å². The molecule has 2 N–H and O–H groups in total. The lowest BCUT2D eigenvalue weighted by atomic mass is 10.3. The Bertz CT molecular complexity index is 270. The minimum Gasteiger partial charge on any atom is -0.492 e. The fourth-order valence-corrected chi connectivity index (χ4v) is 0.743. The zero-order valence-electron chi connectivity index (χ0n) is 6.80. The molecule has 0 saturated heterocycles. The van der Waals surface area contributed by atoms with Gasteiger partial charge in [0.1, 0.15) is 12.4 Å². The van der Waals surface area contributed by atoms with Crippen molar-refractivity contribution in [2.24, 2.45) is 5.73 Å². The van der Waals surface area contributed by atoms with Crippen LogP contribution in [0.4, 0.5) is 8.78 Å². The molecule has 1 rings (SSSR count). The first-order valence-electron chi connectivity index (χ1n) is 3.52. The van der Waals surface area contributed by atoms with Crippen LogP contribution in [-0.2, 0) is 0 Å². The summed E-state index contributed by atoms with van der Waals surface area (Å²) in [5.41, 5.74) is 5.15. The molecule has 2 nitrogen and oxygen atoms in total. The van der Waals surface area contributed by atoms with Crippen LogP contribution in [0.25, 0.3) is 0 Å². The SMILES string of the molecule is Cl.NCCOc1ccc(F)c(F)c1. The molecule has 0 aliphatic carbocycles. The Hall–Kier alpha value is -0.870. The smallest absolute Gasteiger partial charge is 0.162 e. The van der Waals surface area contributed by atoms with E-state index in [2.05, 4.69) is 0 Å². The second-order valence-corrected chi connectivity index (χ2v) is 2.21. The Morgan fingerprint density at radius 1 is 1.23 bits per heavy atom. The van der Waals surface area contributed by atoms with E-state index in [1.165, 1.54) is 6.07 Å². The molecule has 0 radical (unpaired) electrons. The fraction of sp³-hybridized carbons (Fsp3) is 0.250. The van der Waals surface area contributed by atoms with E-state index < -0.39 is 11.6 Å². The molecule has 0 atom stereocenters. The third kappa shape index (κ3) is 3.57. The molecular formula is C8H10ClF2NO. The van der Waals surface area contributed by atoms with Gasteiger partial charge in [-0.15, -0.1) is 12.4 Å². The van der Waals surface area contributed by atoms with Gasteiger partial charge < -0.3 is 10.5 Å². The summed E-state index contributed by atoms with van der Waals surface area (Å²) in [6.07, 6.45) is 0. The molecule has 0 aliphatic heterocycles. The van der Waals surface area contributed by atoms with Crippen LogP contribution >= 0.6 is 12.4 Å². The molecule has 0 bridgehead atoms. The maximum Gasteiger partial charge on any atom is 0.162 e. The van der Waals surface area contributed by atoms with Gasteiger partial charge in [-0.3, -0.25) is 0 Å². The van der Waals surface area contributed by atoms with Gasteiger partial charge >= 0.3 is 0 Å². The van der Waals surface area contributed by atoms with E-state index in [1.807, 2.05) is 0 Å².